The number of ketones is 1. The number of carbonyl (C=O) groups is 2. The van der Waals surface area contributed by atoms with E-state index in [0.717, 1.165) is 30.9 Å². The fourth-order valence-electron chi connectivity index (χ4n) is 4.71. The van der Waals surface area contributed by atoms with E-state index in [1.807, 2.05) is 0 Å². The second-order valence-electron chi connectivity index (χ2n) is 8.34. The van der Waals surface area contributed by atoms with Crippen molar-refractivity contribution in [3.63, 3.8) is 0 Å². The van der Waals surface area contributed by atoms with Crippen LogP contribution in [0.1, 0.15) is 41.6 Å². The van der Waals surface area contributed by atoms with Crippen LogP contribution in [0.5, 0.6) is 5.75 Å². The number of Topliss-reactive ketones (excluding diaryl/α,β-unsaturated/α-hetero) is 1. The Balaban J connectivity index is 1.26. The van der Waals surface area contributed by atoms with E-state index < -0.39 is 11.6 Å². The van der Waals surface area contributed by atoms with Crippen LogP contribution in [0.3, 0.4) is 0 Å². The summed E-state index contributed by atoms with van der Waals surface area (Å²) in [5.74, 6) is -1.15. The average Bonchev–Trinajstić information content (AvgIpc) is 2.59. The monoisotopic (exact) mass is 419 g/mol. The molecule has 0 radical (unpaired) electrons. The van der Waals surface area contributed by atoms with Crippen molar-refractivity contribution in [3.05, 3.63) is 64.2 Å². The van der Waals surface area contributed by atoms with Gasteiger partial charge in [-0.15, -0.1) is 0 Å². The van der Waals surface area contributed by atoms with Crippen molar-refractivity contribution in [2.75, 3.05) is 6.61 Å². The van der Waals surface area contributed by atoms with Crippen LogP contribution >= 0.6 is 11.6 Å². The standard InChI is InChI=1S/C22H20ClF2NO3/c1-13-4-14(6-15(24)5-13)19(27)8-21-10-22(11-21,12-21)26-20(28)9-29-16-2-3-17(23)18(25)7-16/h2-7H,8-12H2,1H3,(H,26,28). The number of aryl methyl sites for hydroxylation is 1. The number of ether oxygens (including phenoxy) is 1. The lowest BCUT2D eigenvalue weighted by molar-refractivity contribution is -0.164. The van der Waals surface area contributed by atoms with Gasteiger partial charge in [0.2, 0.25) is 0 Å². The minimum Gasteiger partial charge on any atom is -0.484 e. The van der Waals surface area contributed by atoms with Gasteiger partial charge in [0.1, 0.15) is 17.4 Å². The van der Waals surface area contributed by atoms with E-state index in [1.165, 1.54) is 24.3 Å². The molecule has 3 aliphatic rings. The Morgan fingerprint density at radius 1 is 1.14 bits per heavy atom. The largest absolute Gasteiger partial charge is 0.484 e. The molecule has 0 heterocycles. The zero-order valence-corrected chi connectivity index (χ0v) is 16.6. The molecule has 0 spiro atoms. The summed E-state index contributed by atoms with van der Waals surface area (Å²) in [5.41, 5.74) is 0.721. The highest BCUT2D eigenvalue weighted by atomic mass is 35.5. The molecular formula is C22H20ClF2NO3. The molecule has 0 aromatic heterocycles. The highest BCUT2D eigenvalue weighted by Gasteiger charge is 2.68. The summed E-state index contributed by atoms with van der Waals surface area (Å²) in [5, 5.41) is 2.95. The minimum atomic E-state index is -0.607. The Morgan fingerprint density at radius 2 is 1.86 bits per heavy atom. The van der Waals surface area contributed by atoms with E-state index in [4.69, 9.17) is 16.3 Å². The van der Waals surface area contributed by atoms with Crippen LogP contribution in [0.25, 0.3) is 0 Å². The van der Waals surface area contributed by atoms with Gasteiger partial charge in [-0.3, -0.25) is 9.59 Å². The second kappa shape index (κ2) is 7.10. The first-order valence-corrected chi connectivity index (χ1v) is 9.75. The quantitative estimate of drug-likeness (QED) is 0.666. The van der Waals surface area contributed by atoms with Gasteiger partial charge in [-0.25, -0.2) is 8.78 Å². The van der Waals surface area contributed by atoms with E-state index >= 15 is 0 Å². The molecule has 3 saturated carbocycles. The number of rotatable bonds is 7. The molecule has 4 nitrogen and oxygen atoms in total. The molecule has 7 heteroatoms. The van der Waals surface area contributed by atoms with E-state index in [0.29, 0.717) is 12.0 Å². The van der Waals surface area contributed by atoms with Gasteiger partial charge in [0.05, 0.1) is 5.02 Å². The molecule has 152 valence electrons. The molecule has 1 amide bonds. The van der Waals surface area contributed by atoms with Gasteiger partial charge in [-0.2, -0.15) is 0 Å². The van der Waals surface area contributed by atoms with Gasteiger partial charge >= 0.3 is 0 Å². The molecule has 0 saturated heterocycles. The Labute approximate surface area is 172 Å². The Bertz CT molecular complexity index is 968. The van der Waals surface area contributed by atoms with Crippen molar-refractivity contribution >= 4 is 23.3 Å². The molecule has 5 rings (SSSR count). The van der Waals surface area contributed by atoms with Crippen molar-refractivity contribution in [1.82, 2.24) is 5.32 Å². The zero-order valence-electron chi connectivity index (χ0n) is 15.9. The third-order valence-corrected chi connectivity index (χ3v) is 6.01. The van der Waals surface area contributed by atoms with Crippen molar-refractivity contribution in [1.29, 1.82) is 0 Å². The summed E-state index contributed by atoms with van der Waals surface area (Å²) in [4.78, 5) is 24.7. The van der Waals surface area contributed by atoms with Crippen molar-refractivity contribution in [3.8, 4) is 5.75 Å². The number of halogens is 3. The van der Waals surface area contributed by atoms with Crippen LogP contribution in [-0.4, -0.2) is 23.8 Å². The van der Waals surface area contributed by atoms with Gasteiger partial charge in [0.15, 0.2) is 12.4 Å². The predicted octanol–water partition coefficient (Wildman–Crippen LogP) is 4.62. The molecule has 2 bridgehead atoms. The van der Waals surface area contributed by atoms with Gasteiger partial charge < -0.3 is 10.1 Å². The lowest BCUT2D eigenvalue weighted by Crippen LogP contribution is -2.75. The molecule has 2 aromatic rings. The highest BCUT2D eigenvalue weighted by Crippen LogP contribution is 2.69. The summed E-state index contributed by atoms with van der Waals surface area (Å²) in [6.07, 6.45) is 2.53. The summed E-state index contributed by atoms with van der Waals surface area (Å²) in [6.45, 7) is 1.53. The molecule has 0 atom stereocenters. The number of hydrogen-bond donors (Lipinski definition) is 1. The van der Waals surface area contributed by atoms with Crippen LogP contribution < -0.4 is 10.1 Å². The summed E-state index contributed by atoms with van der Waals surface area (Å²) >= 11 is 5.61. The smallest absolute Gasteiger partial charge is 0.258 e. The summed E-state index contributed by atoms with van der Waals surface area (Å²) in [7, 11) is 0. The Hall–Kier alpha value is -2.47. The molecule has 3 aliphatic carbocycles. The molecule has 1 N–H and O–H groups in total. The number of benzene rings is 2. The average molecular weight is 420 g/mol. The number of amides is 1. The van der Waals surface area contributed by atoms with E-state index in [1.54, 1.807) is 13.0 Å². The minimum absolute atomic E-state index is 0.0103. The van der Waals surface area contributed by atoms with Gasteiger partial charge in [0.25, 0.3) is 5.91 Å². The second-order valence-corrected chi connectivity index (χ2v) is 8.75. The SMILES string of the molecule is Cc1cc(F)cc(C(=O)CC23CC(NC(=O)COc4ccc(Cl)c(F)c4)(C2)C3)c1. The zero-order chi connectivity index (χ0) is 20.8. The van der Waals surface area contributed by atoms with E-state index in [9.17, 15) is 18.4 Å². The third-order valence-electron chi connectivity index (χ3n) is 5.71. The molecule has 2 aromatic carbocycles. The number of carbonyl (C=O) groups excluding carboxylic acids is 2. The van der Waals surface area contributed by atoms with Crippen LogP contribution in [0.15, 0.2) is 36.4 Å². The molecule has 29 heavy (non-hydrogen) atoms. The molecule has 0 aliphatic heterocycles. The first-order valence-electron chi connectivity index (χ1n) is 9.37. The van der Waals surface area contributed by atoms with Crippen molar-refractivity contribution in [2.24, 2.45) is 5.41 Å². The highest BCUT2D eigenvalue weighted by molar-refractivity contribution is 6.30. The van der Waals surface area contributed by atoms with Crippen LogP contribution in [-0.2, 0) is 4.79 Å². The normalized spacial score (nSPS) is 24.3. The maximum atomic E-state index is 13.5. The van der Waals surface area contributed by atoms with Crippen LogP contribution in [0.2, 0.25) is 5.02 Å². The van der Waals surface area contributed by atoms with Crippen LogP contribution in [0.4, 0.5) is 8.78 Å². The third kappa shape index (κ3) is 3.99. The molecule has 0 unspecified atom stereocenters. The van der Waals surface area contributed by atoms with Gasteiger partial charge in [0, 0.05) is 23.6 Å². The maximum Gasteiger partial charge on any atom is 0.258 e. The maximum absolute atomic E-state index is 13.5. The molecule has 3 fully saturated rings. The Kier molecular flexibility index (Phi) is 4.85. The van der Waals surface area contributed by atoms with E-state index in [-0.39, 0.29) is 40.0 Å². The summed E-state index contributed by atoms with van der Waals surface area (Å²) in [6, 6.07) is 8.36. The predicted molar refractivity (Wildman–Crippen MR) is 104 cm³/mol. The van der Waals surface area contributed by atoms with Crippen molar-refractivity contribution in [2.45, 2.75) is 38.1 Å². The first-order chi connectivity index (χ1) is 13.7. The molecular weight excluding hydrogens is 400 g/mol. The Morgan fingerprint density at radius 3 is 2.52 bits per heavy atom. The summed E-state index contributed by atoms with van der Waals surface area (Å²) < 4.78 is 32.2. The van der Waals surface area contributed by atoms with Gasteiger partial charge in [-0.1, -0.05) is 11.6 Å². The number of nitrogens with one attached hydrogen (secondary N) is 1. The van der Waals surface area contributed by atoms with Gasteiger partial charge in [-0.05, 0) is 67.5 Å². The number of hydrogen-bond acceptors (Lipinski definition) is 3. The first kappa shape index (κ1) is 19.8. The van der Waals surface area contributed by atoms with E-state index in [2.05, 4.69) is 5.32 Å². The lowest BCUT2D eigenvalue weighted by Gasteiger charge is -2.70. The van der Waals surface area contributed by atoms with Crippen LogP contribution in [0, 0.1) is 24.0 Å². The fourth-order valence-corrected chi connectivity index (χ4v) is 4.82. The lowest BCUT2D eigenvalue weighted by atomic mass is 9.38. The fraction of sp³-hybridized carbons (Fsp3) is 0.364. The van der Waals surface area contributed by atoms with Crippen molar-refractivity contribution < 1.29 is 23.1 Å². The topological polar surface area (TPSA) is 55.4 Å².